The molecule has 0 nitrogen and oxygen atoms in total. The third-order valence-electron chi connectivity index (χ3n) is 1.32. The molecule has 1 aromatic rings. The Bertz CT molecular complexity index is 293. The first-order valence-corrected chi connectivity index (χ1v) is 4.32. The van der Waals surface area contributed by atoms with Gasteiger partial charge < -0.3 is 0 Å². The average Bonchev–Trinajstić information content (AvgIpc) is 2.21. The highest BCUT2D eigenvalue weighted by Crippen LogP contribution is 2.04. The van der Waals surface area contributed by atoms with Crippen LogP contribution in [0.5, 0.6) is 0 Å². The molecule has 0 atom stereocenters. The number of hydrogen-bond donors (Lipinski definition) is 0. The zero-order valence-corrected chi connectivity index (χ0v) is 8.31. The van der Waals surface area contributed by atoms with E-state index in [2.05, 4.69) is 0 Å². The van der Waals surface area contributed by atoms with E-state index in [1.54, 1.807) is 6.92 Å². The summed E-state index contributed by atoms with van der Waals surface area (Å²) in [6.45, 7) is 7.63. The molecule has 0 saturated heterocycles. The number of rotatable bonds is 1. The highest BCUT2D eigenvalue weighted by atomic mass is 13.9. The van der Waals surface area contributed by atoms with Crippen molar-refractivity contribution in [3.8, 4) is 0 Å². The van der Waals surface area contributed by atoms with Gasteiger partial charge in [0.25, 0.3) is 0 Å². The van der Waals surface area contributed by atoms with Crippen LogP contribution >= 0.6 is 0 Å². The highest BCUT2D eigenvalue weighted by Gasteiger charge is 1.83. The second-order valence-corrected chi connectivity index (χ2v) is 2.24. The summed E-state index contributed by atoms with van der Waals surface area (Å²) in [5.74, 6) is 0. The minimum atomic E-state index is 0.301. The van der Waals surface area contributed by atoms with E-state index < -0.39 is 0 Å². The Morgan fingerprint density at radius 3 is 2.08 bits per heavy atom. The molecular weight excluding hydrogens is 144 g/mol. The number of benzene rings is 1. The molecule has 0 heteroatoms. The van der Waals surface area contributed by atoms with E-state index in [1.807, 2.05) is 45.0 Å². The van der Waals surface area contributed by atoms with Gasteiger partial charge in [-0.3, -0.25) is 0 Å². The van der Waals surface area contributed by atoms with E-state index in [9.17, 15) is 0 Å². The maximum atomic E-state index is 7.53. The molecule has 0 aliphatic heterocycles. The normalized spacial score (nSPS) is 13.3. The van der Waals surface area contributed by atoms with E-state index in [-0.39, 0.29) is 0 Å². The Labute approximate surface area is 78.7 Å². The standard InChI is InChI=1S/C10H12.C2H6/c1-3-4-10-7-5-9(2)6-8-10;1-2/h3-8H,1-2H3;1-2H3/b4-3+;/i3D,4D;. The maximum Gasteiger partial charge on any atom is 0.0626 e. The van der Waals surface area contributed by atoms with Gasteiger partial charge in [0.1, 0.15) is 0 Å². The topological polar surface area (TPSA) is 0 Å². The van der Waals surface area contributed by atoms with E-state index in [0.29, 0.717) is 12.1 Å². The van der Waals surface area contributed by atoms with Crippen LogP contribution in [0.15, 0.2) is 30.3 Å². The second-order valence-electron chi connectivity index (χ2n) is 2.24. The van der Waals surface area contributed by atoms with Crippen LogP contribution in [0.4, 0.5) is 0 Å². The van der Waals surface area contributed by atoms with Gasteiger partial charge in [-0.2, -0.15) is 0 Å². The predicted molar refractivity (Wildman–Crippen MR) is 57.2 cm³/mol. The molecule has 0 bridgehead atoms. The van der Waals surface area contributed by atoms with E-state index >= 15 is 0 Å². The largest absolute Gasteiger partial charge is 0.0871 e. The average molecular weight is 164 g/mol. The fourth-order valence-corrected chi connectivity index (χ4v) is 0.781. The van der Waals surface area contributed by atoms with Crippen LogP contribution in [-0.2, 0) is 0 Å². The summed E-state index contributed by atoms with van der Waals surface area (Å²) in [5, 5.41) is 0. The van der Waals surface area contributed by atoms with Gasteiger partial charge in [0.05, 0.1) is 2.74 Å². The lowest BCUT2D eigenvalue weighted by atomic mass is 10.1. The molecule has 1 rings (SSSR count). The summed E-state index contributed by atoms with van der Waals surface area (Å²) in [6.07, 6.45) is 0. The molecule has 0 heterocycles. The fraction of sp³-hybridized carbons (Fsp3) is 0.333. The molecule has 12 heavy (non-hydrogen) atoms. The van der Waals surface area contributed by atoms with Gasteiger partial charge >= 0.3 is 0 Å². The first-order chi connectivity index (χ1) is 6.61. The minimum Gasteiger partial charge on any atom is -0.0871 e. The number of aryl methyl sites for hydroxylation is 1. The van der Waals surface area contributed by atoms with Crippen molar-refractivity contribution in [3.05, 3.63) is 41.4 Å². The number of hydrogen-bond acceptors (Lipinski definition) is 0. The van der Waals surface area contributed by atoms with Crippen molar-refractivity contribution in [3.63, 3.8) is 0 Å². The molecule has 0 aromatic heterocycles. The summed E-state index contributed by atoms with van der Waals surface area (Å²) in [5.41, 5.74) is 1.99. The summed E-state index contributed by atoms with van der Waals surface area (Å²) in [4.78, 5) is 0. The molecule has 0 fully saturated rings. The van der Waals surface area contributed by atoms with Gasteiger partial charge in [-0.25, -0.2) is 0 Å². The molecule has 0 aliphatic carbocycles. The summed E-state index contributed by atoms with van der Waals surface area (Å²) >= 11 is 0. The van der Waals surface area contributed by atoms with Crippen LogP contribution in [0.2, 0.25) is 0 Å². The molecule has 0 amide bonds. The fourth-order valence-electron chi connectivity index (χ4n) is 0.781. The maximum absolute atomic E-state index is 7.53. The third-order valence-corrected chi connectivity index (χ3v) is 1.32. The van der Waals surface area contributed by atoms with Gasteiger partial charge in [0.2, 0.25) is 0 Å². The van der Waals surface area contributed by atoms with Gasteiger partial charge in [0, 0.05) is 0 Å². The quantitative estimate of drug-likeness (QED) is 0.587. The van der Waals surface area contributed by atoms with Gasteiger partial charge in [-0.05, 0) is 19.4 Å². The van der Waals surface area contributed by atoms with Gasteiger partial charge in [0.15, 0.2) is 0 Å². The Kier molecular flexibility index (Phi) is 4.22. The summed E-state index contributed by atoms with van der Waals surface area (Å²) in [6, 6.07) is 8.25. The van der Waals surface area contributed by atoms with Crippen LogP contribution in [0, 0.1) is 6.92 Å². The molecule has 0 aliphatic rings. The zero-order chi connectivity index (χ0) is 11.1. The van der Waals surface area contributed by atoms with Crippen molar-refractivity contribution in [2.24, 2.45) is 0 Å². The summed E-state index contributed by atoms with van der Waals surface area (Å²) in [7, 11) is 0. The van der Waals surface area contributed by atoms with Crippen molar-refractivity contribution in [2.45, 2.75) is 27.7 Å². The van der Waals surface area contributed by atoms with E-state index in [0.717, 1.165) is 5.56 Å². The molecule has 0 unspecified atom stereocenters. The third kappa shape index (κ3) is 3.97. The Morgan fingerprint density at radius 1 is 1.17 bits per heavy atom. The SMILES string of the molecule is CC.[2H]/C(C)=C(/[2H])c1ccc(C)cc1. The summed E-state index contributed by atoms with van der Waals surface area (Å²) < 4.78 is 14.8. The lowest BCUT2D eigenvalue weighted by molar-refractivity contribution is 1.46. The molecule has 0 saturated carbocycles. The lowest BCUT2D eigenvalue weighted by Gasteiger charge is -1.92. The Balaban J connectivity index is 0.000000791. The molecule has 66 valence electrons. The van der Waals surface area contributed by atoms with Crippen molar-refractivity contribution in [1.29, 1.82) is 0 Å². The first-order valence-electron chi connectivity index (χ1n) is 5.32. The molecule has 0 radical (unpaired) electrons. The smallest absolute Gasteiger partial charge is 0.0626 e. The lowest BCUT2D eigenvalue weighted by Crippen LogP contribution is -1.71. The zero-order valence-electron chi connectivity index (χ0n) is 10.3. The Hall–Kier alpha value is -1.04. The van der Waals surface area contributed by atoms with Crippen molar-refractivity contribution < 1.29 is 2.74 Å². The second kappa shape index (κ2) is 6.66. The van der Waals surface area contributed by atoms with Crippen molar-refractivity contribution >= 4 is 6.05 Å². The monoisotopic (exact) mass is 164 g/mol. The number of allylic oxidation sites excluding steroid dienone is 1. The molecule has 0 spiro atoms. The molecule has 0 N–H and O–H groups in total. The van der Waals surface area contributed by atoms with Crippen LogP contribution in [0.3, 0.4) is 0 Å². The minimum absolute atomic E-state index is 0.301. The van der Waals surface area contributed by atoms with Crippen LogP contribution in [0.25, 0.3) is 6.05 Å². The van der Waals surface area contributed by atoms with Crippen LogP contribution in [-0.4, -0.2) is 0 Å². The van der Waals surface area contributed by atoms with E-state index in [4.69, 9.17) is 2.74 Å². The first kappa shape index (κ1) is 7.60. The molecule has 1 aromatic carbocycles. The van der Waals surface area contributed by atoms with Crippen molar-refractivity contribution in [2.75, 3.05) is 0 Å². The Morgan fingerprint density at radius 2 is 1.67 bits per heavy atom. The van der Waals surface area contributed by atoms with Crippen molar-refractivity contribution in [1.82, 2.24) is 0 Å². The van der Waals surface area contributed by atoms with Crippen LogP contribution in [0.1, 0.15) is 34.6 Å². The van der Waals surface area contributed by atoms with Gasteiger partial charge in [-0.1, -0.05) is 55.8 Å². The molecular formula is C12H18. The van der Waals surface area contributed by atoms with Crippen LogP contribution < -0.4 is 0 Å². The predicted octanol–water partition coefficient (Wildman–Crippen LogP) is 4.05. The highest BCUT2D eigenvalue weighted by molar-refractivity contribution is 5.48. The van der Waals surface area contributed by atoms with Gasteiger partial charge in [-0.15, -0.1) is 0 Å². The van der Waals surface area contributed by atoms with E-state index in [1.165, 1.54) is 5.56 Å².